The second kappa shape index (κ2) is 5.93. The summed E-state index contributed by atoms with van der Waals surface area (Å²) < 4.78 is 23.1. The Balaban J connectivity index is 0.00000169. The number of hydrogen-bond donors (Lipinski definition) is 1. The van der Waals surface area contributed by atoms with Crippen LogP contribution in [0.15, 0.2) is 0 Å². The smallest absolute Gasteiger partial charge is 0.152 e. The molecule has 1 aliphatic carbocycles. The lowest BCUT2D eigenvalue weighted by atomic mass is 9.95. The van der Waals surface area contributed by atoms with Crippen molar-refractivity contribution >= 4 is 22.2 Å². The third kappa shape index (κ3) is 3.41. The van der Waals surface area contributed by atoms with Crippen LogP contribution in [0.3, 0.4) is 0 Å². The lowest BCUT2D eigenvalue weighted by molar-refractivity contribution is 0.391. The van der Waals surface area contributed by atoms with Gasteiger partial charge in [0.05, 0.1) is 5.25 Å². The molecule has 1 N–H and O–H groups in total. The average molecular weight is 242 g/mol. The SMILES string of the molecule is CCS(=O)(=O)[C@H]1CC[C@H](NC)CC1.Cl. The molecule has 14 heavy (non-hydrogen) atoms. The Morgan fingerprint density at radius 3 is 2.07 bits per heavy atom. The second-order valence-electron chi connectivity index (χ2n) is 3.71. The van der Waals surface area contributed by atoms with Gasteiger partial charge in [0, 0.05) is 11.8 Å². The van der Waals surface area contributed by atoms with E-state index in [2.05, 4.69) is 5.32 Å². The Labute approximate surface area is 93.0 Å². The maximum atomic E-state index is 11.5. The van der Waals surface area contributed by atoms with E-state index in [-0.39, 0.29) is 17.7 Å². The van der Waals surface area contributed by atoms with Crippen molar-refractivity contribution in [2.75, 3.05) is 12.8 Å². The van der Waals surface area contributed by atoms with Crippen LogP contribution in [0.25, 0.3) is 0 Å². The van der Waals surface area contributed by atoms with Crippen LogP contribution >= 0.6 is 12.4 Å². The highest BCUT2D eigenvalue weighted by Gasteiger charge is 2.28. The first-order chi connectivity index (χ1) is 6.10. The highest BCUT2D eigenvalue weighted by atomic mass is 35.5. The summed E-state index contributed by atoms with van der Waals surface area (Å²) in [5, 5.41) is 3.13. The average Bonchev–Trinajstić information content (AvgIpc) is 2.18. The zero-order chi connectivity index (χ0) is 9.90. The lowest BCUT2D eigenvalue weighted by Crippen LogP contribution is -2.35. The number of halogens is 1. The molecule has 1 aliphatic rings. The first-order valence-electron chi connectivity index (χ1n) is 4.99. The first kappa shape index (κ1) is 14.2. The fourth-order valence-corrected chi connectivity index (χ4v) is 3.41. The summed E-state index contributed by atoms with van der Waals surface area (Å²) in [6, 6.07) is 0.531. The molecule has 0 aromatic carbocycles. The van der Waals surface area contributed by atoms with Crippen LogP contribution in [0.5, 0.6) is 0 Å². The van der Waals surface area contributed by atoms with Crippen molar-refractivity contribution in [3.8, 4) is 0 Å². The summed E-state index contributed by atoms with van der Waals surface area (Å²) in [5.41, 5.74) is 0. The molecule has 86 valence electrons. The first-order valence-corrected chi connectivity index (χ1v) is 6.70. The van der Waals surface area contributed by atoms with E-state index in [1.54, 1.807) is 6.92 Å². The van der Waals surface area contributed by atoms with Gasteiger partial charge in [-0.05, 0) is 32.7 Å². The highest BCUT2D eigenvalue weighted by molar-refractivity contribution is 7.92. The van der Waals surface area contributed by atoms with Gasteiger partial charge in [-0.15, -0.1) is 12.4 Å². The molecule has 0 amide bonds. The Morgan fingerprint density at radius 2 is 1.71 bits per heavy atom. The molecule has 0 aliphatic heterocycles. The van der Waals surface area contributed by atoms with Crippen LogP contribution in [0.4, 0.5) is 0 Å². The van der Waals surface area contributed by atoms with E-state index in [0.29, 0.717) is 11.8 Å². The van der Waals surface area contributed by atoms with Gasteiger partial charge < -0.3 is 5.32 Å². The van der Waals surface area contributed by atoms with E-state index in [1.807, 2.05) is 7.05 Å². The summed E-state index contributed by atoms with van der Waals surface area (Å²) >= 11 is 0. The van der Waals surface area contributed by atoms with Gasteiger partial charge in [0.1, 0.15) is 0 Å². The van der Waals surface area contributed by atoms with Gasteiger partial charge in [-0.1, -0.05) is 6.92 Å². The lowest BCUT2D eigenvalue weighted by Gasteiger charge is -2.27. The van der Waals surface area contributed by atoms with Gasteiger partial charge in [-0.25, -0.2) is 8.42 Å². The van der Waals surface area contributed by atoms with Crippen LogP contribution in [-0.2, 0) is 9.84 Å². The third-order valence-corrected chi connectivity index (χ3v) is 5.28. The second-order valence-corrected chi connectivity index (χ2v) is 6.28. The summed E-state index contributed by atoms with van der Waals surface area (Å²) in [5.74, 6) is 0.294. The van der Waals surface area contributed by atoms with Gasteiger partial charge in [0.15, 0.2) is 9.84 Å². The highest BCUT2D eigenvalue weighted by Crippen LogP contribution is 2.24. The Kier molecular flexibility index (Phi) is 6.02. The van der Waals surface area contributed by atoms with Crippen LogP contribution in [0.1, 0.15) is 32.6 Å². The third-order valence-electron chi connectivity index (χ3n) is 2.99. The number of nitrogens with one attached hydrogen (secondary N) is 1. The van der Waals surface area contributed by atoms with Crippen molar-refractivity contribution < 1.29 is 8.42 Å². The molecule has 0 spiro atoms. The molecule has 5 heteroatoms. The minimum absolute atomic E-state index is 0. The van der Waals surface area contributed by atoms with Crippen LogP contribution < -0.4 is 5.32 Å². The Hall–Kier alpha value is 0.200. The summed E-state index contributed by atoms with van der Waals surface area (Å²) in [4.78, 5) is 0. The van der Waals surface area contributed by atoms with Gasteiger partial charge in [0.2, 0.25) is 0 Å². The van der Waals surface area contributed by atoms with Crippen molar-refractivity contribution in [2.24, 2.45) is 0 Å². The fourth-order valence-electron chi connectivity index (χ4n) is 1.95. The molecule has 3 nitrogen and oxygen atoms in total. The topological polar surface area (TPSA) is 46.2 Å². The molecule has 0 aromatic heterocycles. The van der Waals surface area contributed by atoms with E-state index in [9.17, 15) is 8.42 Å². The van der Waals surface area contributed by atoms with Gasteiger partial charge in [-0.3, -0.25) is 0 Å². The molecular weight excluding hydrogens is 222 g/mol. The predicted octanol–water partition coefficient (Wildman–Crippen LogP) is 1.37. The number of sulfone groups is 1. The molecular formula is C9H20ClNO2S. The van der Waals surface area contributed by atoms with Gasteiger partial charge in [-0.2, -0.15) is 0 Å². The molecule has 0 aromatic rings. The van der Waals surface area contributed by atoms with E-state index in [4.69, 9.17) is 0 Å². The van der Waals surface area contributed by atoms with E-state index in [0.717, 1.165) is 25.7 Å². The van der Waals surface area contributed by atoms with Crippen molar-refractivity contribution in [3.63, 3.8) is 0 Å². The standard InChI is InChI=1S/C9H19NO2S.ClH/c1-3-13(11,12)9-6-4-8(10-2)5-7-9;/h8-10H,3-7H2,1-2H3;1H/t8-,9-;. The number of hydrogen-bond acceptors (Lipinski definition) is 3. The summed E-state index contributed by atoms with van der Waals surface area (Å²) in [6.45, 7) is 1.74. The molecule has 0 radical (unpaired) electrons. The minimum Gasteiger partial charge on any atom is -0.317 e. The Bertz CT molecular complexity index is 246. The van der Waals surface area contributed by atoms with Gasteiger partial charge >= 0.3 is 0 Å². The fraction of sp³-hybridized carbons (Fsp3) is 1.00. The van der Waals surface area contributed by atoms with Crippen molar-refractivity contribution in [1.82, 2.24) is 5.32 Å². The van der Waals surface area contributed by atoms with Crippen molar-refractivity contribution in [1.29, 1.82) is 0 Å². The molecule has 0 atom stereocenters. The van der Waals surface area contributed by atoms with Crippen LogP contribution in [-0.4, -0.2) is 32.5 Å². The van der Waals surface area contributed by atoms with Crippen molar-refractivity contribution in [2.45, 2.75) is 43.9 Å². The zero-order valence-electron chi connectivity index (χ0n) is 8.82. The maximum absolute atomic E-state index is 11.5. The summed E-state index contributed by atoms with van der Waals surface area (Å²) in [7, 11) is -0.837. The van der Waals surface area contributed by atoms with Crippen LogP contribution in [0, 0.1) is 0 Å². The normalized spacial score (nSPS) is 28.1. The molecule has 1 fully saturated rings. The molecule has 0 heterocycles. The molecule has 0 saturated heterocycles. The predicted molar refractivity (Wildman–Crippen MR) is 61.8 cm³/mol. The molecule has 1 saturated carbocycles. The van der Waals surface area contributed by atoms with Gasteiger partial charge in [0.25, 0.3) is 0 Å². The molecule has 1 rings (SSSR count). The quantitative estimate of drug-likeness (QED) is 0.812. The largest absolute Gasteiger partial charge is 0.317 e. The maximum Gasteiger partial charge on any atom is 0.152 e. The number of rotatable bonds is 3. The molecule has 0 unspecified atom stereocenters. The van der Waals surface area contributed by atoms with Crippen molar-refractivity contribution in [3.05, 3.63) is 0 Å². The zero-order valence-corrected chi connectivity index (χ0v) is 10.5. The summed E-state index contributed by atoms with van der Waals surface area (Å²) in [6.07, 6.45) is 3.67. The monoisotopic (exact) mass is 241 g/mol. The van der Waals surface area contributed by atoms with E-state index < -0.39 is 9.84 Å². The Morgan fingerprint density at radius 1 is 1.21 bits per heavy atom. The van der Waals surface area contributed by atoms with E-state index in [1.165, 1.54) is 0 Å². The van der Waals surface area contributed by atoms with E-state index >= 15 is 0 Å². The molecule has 0 bridgehead atoms. The minimum atomic E-state index is -2.78. The van der Waals surface area contributed by atoms with Crippen LogP contribution in [0.2, 0.25) is 0 Å².